The number of rotatable bonds is 5. The van der Waals surface area contributed by atoms with Crippen molar-refractivity contribution in [2.45, 2.75) is 26.1 Å². The number of carbonyl (C=O) groups is 3. The number of halogens is 5. The fraction of sp³-hybridized carbons (Fsp3) is 0.375. The van der Waals surface area contributed by atoms with Gasteiger partial charge in [-0.15, -0.1) is 0 Å². The molecule has 3 rings (SSSR count). The molecule has 0 aliphatic carbocycles. The number of piperazine rings is 1. The highest BCUT2D eigenvalue weighted by molar-refractivity contribution is 5.98. The van der Waals surface area contributed by atoms with E-state index in [0.29, 0.717) is 0 Å². The van der Waals surface area contributed by atoms with Crippen LogP contribution in [0, 0.1) is 17.6 Å². The highest BCUT2D eigenvalue weighted by atomic mass is 19.4. The Hall–Kier alpha value is -3.50. The van der Waals surface area contributed by atoms with Gasteiger partial charge in [-0.25, -0.2) is 8.78 Å². The van der Waals surface area contributed by atoms with Gasteiger partial charge in [0.1, 0.15) is 23.2 Å². The molecule has 3 amide bonds. The van der Waals surface area contributed by atoms with Gasteiger partial charge in [-0.2, -0.15) is 13.2 Å². The lowest BCUT2D eigenvalue weighted by Gasteiger charge is -2.37. The lowest BCUT2D eigenvalue weighted by atomic mass is 10.0. The van der Waals surface area contributed by atoms with Gasteiger partial charge in [0.25, 0.3) is 11.8 Å². The van der Waals surface area contributed by atoms with Gasteiger partial charge in [0, 0.05) is 31.7 Å². The van der Waals surface area contributed by atoms with E-state index in [0.717, 1.165) is 42.5 Å². The van der Waals surface area contributed by atoms with E-state index >= 15 is 0 Å². The van der Waals surface area contributed by atoms with Gasteiger partial charge >= 0.3 is 6.18 Å². The molecule has 2 aromatic carbocycles. The Bertz CT molecular complexity index is 1070. The summed E-state index contributed by atoms with van der Waals surface area (Å²) in [6.07, 6.45) is -4.51. The smallest absolute Gasteiger partial charge is 0.340 e. The average Bonchev–Trinajstić information content (AvgIpc) is 2.81. The summed E-state index contributed by atoms with van der Waals surface area (Å²) in [5, 5.41) is 2.41. The van der Waals surface area contributed by atoms with Gasteiger partial charge < -0.3 is 15.1 Å². The minimum atomic E-state index is -4.51. The summed E-state index contributed by atoms with van der Waals surface area (Å²) in [5.41, 5.74) is -1.54. The third-order valence-electron chi connectivity index (χ3n) is 5.75. The van der Waals surface area contributed by atoms with Crippen LogP contribution >= 0.6 is 0 Å². The first kappa shape index (κ1) is 26.1. The Morgan fingerprint density at radius 2 is 1.37 bits per heavy atom. The molecule has 1 aliphatic heterocycles. The van der Waals surface area contributed by atoms with E-state index < -0.39 is 58.6 Å². The summed E-state index contributed by atoms with van der Waals surface area (Å²) in [4.78, 5) is 41.1. The van der Waals surface area contributed by atoms with Crippen LogP contribution in [0.1, 0.15) is 40.1 Å². The zero-order valence-electron chi connectivity index (χ0n) is 19.0. The van der Waals surface area contributed by atoms with Crippen LogP contribution < -0.4 is 5.32 Å². The van der Waals surface area contributed by atoms with Crippen LogP contribution in [-0.2, 0) is 11.0 Å². The summed E-state index contributed by atoms with van der Waals surface area (Å²) in [7, 11) is 0. The molecular weight excluding hydrogens is 473 g/mol. The highest BCUT2D eigenvalue weighted by Crippen LogP contribution is 2.29. The number of nitrogens with one attached hydrogen (secondary N) is 1. The van der Waals surface area contributed by atoms with E-state index in [9.17, 15) is 36.3 Å². The maximum atomic E-state index is 14.0. The third-order valence-corrected chi connectivity index (χ3v) is 5.75. The minimum Gasteiger partial charge on any atom is -0.340 e. The summed E-state index contributed by atoms with van der Waals surface area (Å²) in [6, 6.07) is 5.83. The first-order valence-corrected chi connectivity index (χ1v) is 10.9. The number of amides is 3. The van der Waals surface area contributed by atoms with Crippen LogP contribution in [0.2, 0.25) is 0 Å². The Morgan fingerprint density at radius 1 is 0.857 bits per heavy atom. The molecule has 0 radical (unpaired) electrons. The molecule has 1 saturated heterocycles. The summed E-state index contributed by atoms with van der Waals surface area (Å²) in [6.45, 7) is 3.85. The molecule has 188 valence electrons. The van der Waals surface area contributed by atoms with Crippen molar-refractivity contribution >= 4 is 17.7 Å². The molecule has 1 fully saturated rings. The average molecular weight is 497 g/mol. The van der Waals surface area contributed by atoms with Crippen molar-refractivity contribution in [2.24, 2.45) is 5.92 Å². The van der Waals surface area contributed by atoms with Crippen molar-refractivity contribution in [2.75, 3.05) is 26.2 Å². The molecule has 1 heterocycles. The molecule has 1 N–H and O–H groups in total. The number of benzene rings is 2. The molecule has 1 atom stereocenters. The summed E-state index contributed by atoms with van der Waals surface area (Å²) < 4.78 is 66.1. The number of alkyl halides is 3. The Kier molecular flexibility index (Phi) is 7.76. The van der Waals surface area contributed by atoms with E-state index in [-0.39, 0.29) is 31.7 Å². The lowest BCUT2D eigenvalue weighted by Crippen LogP contribution is -2.57. The molecule has 0 unspecified atom stereocenters. The predicted octanol–water partition coefficient (Wildman–Crippen LogP) is 3.72. The van der Waals surface area contributed by atoms with Crippen molar-refractivity contribution in [1.29, 1.82) is 0 Å². The first-order valence-electron chi connectivity index (χ1n) is 10.9. The molecule has 2 aromatic rings. The lowest BCUT2D eigenvalue weighted by molar-refractivity contribution is -0.137. The van der Waals surface area contributed by atoms with E-state index in [2.05, 4.69) is 5.32 Å². The molecule has 35 heavy (non-hydrogen) atoms. The van der Waals surface area contributed by atoms with Crippen molar-refractivity contribution < 1.29 is 36.3 Å². The van der Waals surface area contributed by atoms with Crippen LogP contribution in [0.3, 0.4) is 0 Å². The number of hydrogen-bond donors (Lipinski definition) is 1. The zero-order chi connectivity index (χ0) is 25.9. The predicted molar refractivity (Wildman–Crippen MR) is 116 cm³/mol. The fourth-order valence-corrected chi connectivity index (χ4v) is 3.75. The van der Waals surface area contributed by atoms with Crippen LogP contribution in [0.5, 0.6) is 0 Å². The molecule has 0 aromatic heterocycles. The van der Waals surface area contributed by atoms with Gasteiger partial charge in [-0.1, -0.05) is 19.9 Å². The topological polar surface area (TPSA) is 69.7 Å². The molecule has 11 heteroatoms. The van der Waals surface area contributed by atoms with Crippen LogP contribution in [0.4, 0.5) is 22.0 Å². The maximum absolute atomic E-state index is 14.0. The Balaban J connectivity index is 1.63. The van der Waals surface area contributed by atoms with Crippen molar-refractivity contribution in [3.8, 4) is 0 Å². The van der Waals surface area contributed by atoms with Crippen molar-refractivity contribution in [3.05, 3.63) is 70.8 Å². The SMILES string of the molecule is CC(C)[C@H](NC(=O)c1c(F)cccc1F)C(=O)N1CCN(C(=O)c2ccc(C(F)(F)F)cc2)CC1. The van der Waals surface area contributed by atoms with E-state index in [1.165, 1.54) is 9.80 Å². The Morgan fingerprint density at radius 3 is 1.86 bits per heavy atom. The third kappa shape index (κ3) is 5.95. The van der Waals surface area contributed by atoms with Crippen LogP contribution in [0.15, 0.2) is 42.5 Å². The molecule has 0 spiro atoms. The summed E-state index contributed by atoms with van der Waals surface area (Å²) in [5.74, 6) is -4.47. The zero-order valence-corrected chi connectivity index (χ0v) is 19.0. The second kappa shape index (κ2) is 10.4. The second-order valence-corrected chi connectivity index (χ2v) is 8.48. The van der Waals surface area contributed by atoms with E-state index in [1.807, 2.05) is 0 Å². The number of carbonyl (C=O) groups excluding carboxylic acids is 3. The van der Waals surface area contributed by atoms with Gasteiger partial charge in [0.05, 0.1) is 5.56 Å². The second-order valence-electron chi connectivity index (χ2n) is 8.48. The monoisotopic (exact) mass is 497 g/mol. The molecule has 1 aliphatic rings. The number of hydrogen-bond acceptors (Lipinski definition) is 3. The van der Waals surface area contributed by atoms with E-state index in [4.69, 9.17) is 0 Å². The standard InChI is InChI=1S/C24H24F5N3O3/c1-14(2)20(30-21(33)19-17(25)4-3-5-18(19)26)23(35)32-12-10-31(11-13-32)22(34)15-6-8-16(9-7-15)24(27,28)29/h3-9,14,20H,10-13H2,1-2H3,(H,30,33)/t20-/m0/s1. The molecule has 0 bridgehead atoms. The molecule has 6 nitrogen and oxygen atoms in total. The normalized spacial score (nSPS) is 15.2. The Labute approximate surface area is 198 Å². The maximum Gasteiger partial charge on any atom is 0.416 e. The first-order chi connectivity index (χ1) is 16.4. The largest absolute Gasteiger partial charge is 0.416 e. The van der Waals surface area contributed by atoms with Gasteiger partial charge in [-0.3, -0.25) is 14.4 Å². The van der Waals surface area contributed by atoms with Crippen LogP contribution in [0.25, 0.3) is 0 Å². The van der Waals surface area contributed by atoms with Gasteiger partial charge in [0.15, 0.2) is 0 Å². The number of nitrogens with zero attached hydrogens (tertiary/aromatic N) is 2. The minimum absolute atomic E-state index is 0.0945. The van der Waals surface area contributed by atoms with Gasteiger partial charge in [0.2, 0.25) is 5.91 Å². The van der Waals surface area contributed by atoms with E-state index in [1.54, 1.807) is 13.8 Å². The van der Waals surface area contributed by atoms with Crippen molar-refractivity contribution in [1.82, 2.24) is 15.1 Å². The van der Waals surface area contributed by atoms with Gasteiger partial charge in [-0.05, 0) is 42.3 Å². The summed E-state index contributed by atoms with van der Waals surface area (Å²) >= 11 is 0. The highest BCUT2D eigenvalue weighted by Gasteiger charge is 2.34. The fourth-order valence-electron chi connectivity index (χ4n) is 3.75. The van der Waals surface area contributed by atoms with Crippen molar-refractivity contribution in [3.63, 3.8) is 0 Å². The quantitative estimate of drug-likeness (QED) is 0.641. The molecular formula is C24H24F5N3O3. The van der Waals surface area contributed by atoms with Crippen LogP contribution in [-0.4, -0.2) is 59.7 Å². The molecule has 0 saturated carbocycles.